The number of carbonyl (C=O) groups excluding carboxylic acids is 4. The molecule has 18 nitrogen and oxygen atoms in total. The van der Waals surface area contributed by atoms with Gasteiger partial charge in [-0.05, 0) is 57.8 Å². The smallest absolute Gasteiger partial charge is 0.465 e. The van der Waals surface area contributed by atoms with Crippen LogP contribution in [0.5, 0.6) is 11.5 Å². The third-order valence-electron chi connectivity index (χ3n) is 14.0. The van der Waals surface area contributed by atoms with Gasteiger partial charge in [0.05, 0.1) is 68.1 Å². The van der Waals surface area contributed by atoms with E-state index in [1.165, 1.54) is 29.7 Å². The number of hydrogen-bond acceptors (Lipinski definition) is 20. The van der Waals surface area contributed by atoms with Gasteiger partial charge in [-0.2, -0.15) is 17.2 Å². The van der Waals surface area contributed by atoms with Crippen LogP contribution in [0, 0.1) is 23.7 Å². The Labute approximate surface area is 472 Å². The highest BCUT2D eigenvalue weighted by Gasteiger charge is 2.61. The van der Waals surface area contributed by atoms with E-state index in [2.05, 4.69) is 59.0 Å². The van der Waals surface area contributed by atoms with Gasteiger partial charge >= 0.3 is 19.8 Å². The number of likely N-dealkylation sites (tertiary alicyclic amines) is 2. The first-order chi connectivity index (χ1) is 36.6. The first-order valence-corrected chi connectivity index (χ1v) is 34.6. The second-order valence-corrected chi connectivity index (χ2v) is 31.2. The van der Waals surface area contributed by atoms with Crippen molar-refractivity contribution in [3.05, 3.63) is 82.7 Å². The number of amidine groups is 2. The van der Waals surface area contributed by atoms with Crippen molar-refractivity contribution in [2.45, 2.75) is 109 Å². The van der Waals surface area contributed by atoms with Gasteiger partial charge in [0.1, 0.15) is 17.3 Å². The topological polar surface area (TPSA) is 199 Å². The second kappa shape index (κ2) is 25.6. The number of aliphatic imine (C=N–C) groups is 2. The Morgan fingerprint density at radius 3 is 1.70 bits per heavy atom. The minimum absolute atomic E-state index is 0.00720. The number of nitrogens with zero attached hydrogens (tertiary/aromatic N) is 6. The van der Waals surface area contributed by atoms with Crippen LogP contribution in [-0.4, -0.2) is 166 Å². The molecule has 0 spiro atoms. The van der Waals surface area contributed by atoms with Crippen LogP contribution in [-0.2, 0) is 42.2 Å². The largest absolute Gasteiger partial charge is 0.646 e. The van der Waals surface area contributed by atoms with Crippen LogP contribution in [0.4, 0.5) is 0 Å². The molecule has 0 unspecified atom stereocenters. The standard InChI is InChI=1S/C28H36NO8PSi.C19H27N3O4S2.C6H10N2S2/c1-19-26-25(20(2)37-39(4,5)6)28(31)29(26)24(17-18-33-21(3)30)27(19)36-38(32,34-22-13-9-7-10-14-22)35-23-15-11-8-12-16-23;1-10-16-15(11(2)23)18(25)22(16)14(4-6-26-12(3)24)17(10)28-13-8-21(9-13)19-20-5-7-27-19;9-5-3-8(4-5)6-7-1-2-10-6/h7-16,19-20,25-26H,17-18H2,1-6H3;10-11,13,15-16,23H,4-9H2,1-3H3;5,9H,1-4H2/t19-,20-,25-,26-;10-,11-,15-,16-;/m11./s1. The number of thiol groups is 1. The summed E-state index contributed by atoms with van der Waals surface area (Å²) in [5.41, 5.74) is 1.49. The molecule has 1 N–H and O–H groups in total. The normalized spacial score (nSPS) is 25.6. The lowest BCUT2D eigenvalue weighted by molar-refractivity contribution is -0.160. The van der Waals surface area contributed by atoms with Gasteiger partial charge in [-0.1, -0.05) is 73.8 Å². The van der Waals surface area contributed by atoms with Crippen LogP contribution >= 0.6 is 55.7 Å². The molecule has 4 fully saturated rings. The maximum Gasteiger partial charge on any atom is 0.646 e. The number of β-lactam (4-membered cyclic amide) rings is 2. The second-order valence-electron chi connectivity index (χ2n) is 21.1. The lowest BCUT2D eigenvalue weighted by atomic mass is 9.79. The van der Waals surface area contributed by atoms with Crippen molar-refractivity contribution >= 4 is 98.1 Å². The number of fused-ring (bicyclic) bond motifs is 2. The summed E-state index contributed by atoms with van der Waals surface area (Å²) in [4.78, 5) is 67.0. The third kappa shape index (κ3) is 14.1. The Balaban J connectivity index is 0.000000178. The van der Waals surface area contributed by atoms with E-state index in [0.29, 0.717) is 39.9 Å². The summed E-state index contributed by atoms with van der Waals surface area (Å²) in [5.74, 6) is 1.46. The Bertz CT molecular complexity index is 2610. The molecule has 8 atom stereocenters. The van der Waals surface area contributed by atoms with Crippen LogP contribution in [0.1, 0.15) is 54.4 Å². The summed E-state index contributed by atoms with van der Waals surface area (Å²) in [7, 11) is -6.20. The molecule has 0 aromatic heterocycles. The highest BCUT2D eigenvalue weighted by molar-refractivity contribution is 8.14. The fourth-order valence-corrected chi connectivity index (χ4v) is 17.1. The number of aliphatic hydroxyl groups excluding tert-OH is 1. The van der Waals surface area contributed by atoms with E-state index in [0.717, 1.165) is 55.9 Å². The first-order valence-electron chi connectivity index (χ1n) is 26.4. The van der Waals surface area contributed by atoms with Crippen molar-refractivity contribution in [3.63, 3.8) is 0 Å². The quantitative estimate of drug-likeness (QED) is 0.0474. The molecule has 2 amide bonds. The van der Waals surface area contributed by atoms with Crippen LogP contribution in [0.25, 0.3) is 0 Å². The lowest BCUT2D eigenvalue weighted by Crippen LogP contribution is -2.64. The fourth-order valence-electron chi connectivity index (χ4n) is 10.7. The number of phosphoric acid groups is 1. The molecule has 420 valence electrons. The summed E-state index contributed by atoms with van der Waals surface area (Å²) >= 11 is 9.88. The Hall–Kier alpha value is -4.09. The third-order valence-corrected chi connectivity index (χ3v) is 20.3. The average molecular weight is 1170 g/mol. The predicted molar refractivity (Wildman–Crippen MR) is 308 cm³/mol. The molecule has 0 aliphatic carbocycles. The number of rotatable bonds is 18. The number of phosphoric ester groups is 1. The predicted octanol–water partition coefficient (Wildman–Crippen LogP) is 8.38. The number of ether oxygens (including phenoxy) is 2. The number of thioether (sulfide) groups is 3. The summed E-state index contributed by atoms with van der Waals surface area (Å²) in [6.07, 6.45) is -0.199. The first kappa shape index (κ1) is 59.0. The molecule has 2 aromatic carbocycles. The number of aliphatic hydroxyl groups is 1. The zero-order valence-corrected chi connectivity index (χ0v) is 50.5. The molecule has 77 heavy (non-hydrogen) atoms. The van der Waals surface area contributed by atoms with E-state index >= 15 is 0 Å². The number of carbonyl (C=O) groups is 4. The van der Waals surface area contributed by atoms with E-state index in [4.69, 9.17) is 27.5 Å². The van der Waals surface area contributed by atoms with Crippen molar-refractivity contribution < 1.29 is 56.3 Å². The van der Waals surface area contributed by atoms with Crippen molar-refractivity contribution in [1.82, 2.24) is 19.6 Å². The molecule has 4 saturated heterocycles. The van der Waals surface area contributed by atoms with Gasteiger partial charge in [0.25, 0.3) is 0 Å². The molecule has 2 aromatic rings. The van der Waals surface area contributed by atoms with Gasteiger partial charge in [-0.25, -0.2) is 0 Å². The number of amides is 2. The summed E-state index contributed by atoms with van der Waals surface area (Å²) < 4.78 is 48.6. The van der Waals surface area contributed by atoms with Crippen molar-refractivity contribution in [1.29, 1.82) is 0 Å². The SMILES string of the molecule is CC(=O)OCCC1=C(OP(=O)(Oc2ccccc2)Oc2ccccc2)[C@H](C)[C@@H]2[C@@H]([C@@H](C)O[Si](C)(C)C)C(=O)N12.CC(=O)OCCC1=C(SC2CN(C3=NCCS3)C2)[C@H](C)[C@@H]2[C@@H]([C@@H](C)O)C(=O)N12.SC1CN(C2=NCCS2)C1. The Kier molecular flexibility index (Phi) is 19.6. The Morgan fingerprint density at radius 2 is 1.23 bits per heavy atom. The molecule has 8 heterocycles. The molecule has 8 aliphatic rings. The summed E-state index contributed by atoms with van der Waals surface area (Å²) in [6.45, 7) is 23.0. The molecule has 0 saturated carbocycles. The van der Waals surface area contributed by atoms with E-state index in [9.17, 15) is 28.8 Å². The lowest BCUT2D eigenvalue weighted by Gasteiger charge is -2.48. The van der Waals surface area contributed by atoms with Gasteiger partial charge in [-0.15, -0.1) is 11.8 Å². The molecule has 0 bridgehead atoms. The molecule has 24 heteroatoms. The number of esters is 2. The van der Waals surface area contributed by atoms with E-state index in [-0.39, 0.29) is 79.3 Å². The molecule has 8 aliphatic heterocycles. The van der Waals surface area contributed by atoms with Crippen LogP contribution < -0.4 is 9.05 Å². The van der Waals surface area contributed by atoms with Gasteiger partial charge in [0.15, 0.2) is 18.7 Å². The van der Waals surface area contributed by atoms with E-state index < -0.39 is 28.2 Å². The summed E-state index contributed by atoms with van der Waals surface area (Å²) in [6, 6.07) is 17.0. The monoisotopic (exact) mass is 1170 g/mol. The van der Waals surface area contributed by atoms with Crippen molar-refractivity contribution in [2.75, 3.05) is 64.0 Å². The van der Waals surface area contributed by atoms with Gasteiger partial charge in [-0.3, -0.25) is 29.2 Å². The molecule has 10 rings (SSSR count). The van der Waals surface area contributed by atoms with E-state index in [1.807, 2.05) is 66.2 Å². The van der Waals surface area contributed by atoms with Gasteiger partial charge in [0.2, 0.25) is 11.8 Å². The summed E-state index contributed by atoms with van der Waals surface area (Å²) in [5, 5.41) is 13.5. The van der Waals surface area contributed by atoms with E-state index in [1.54, 1.807) is 60.4 Å². The molecular weight excluding hydrogens is 1100 g/mol. The minimum Gasteiger partial charge on any atom is -0.465 e. The molecule has 0 radical (unpaired) electrons. The zero-order chi connectivity index (χ0) is 55.3. The van der Waals surface area contributed by atoms with Crippen LogP contribution in [0.2, 0.25) is 19.6 Å². The van der Waals surface area contributed by atoms with Crippen molar-refractivity contribution in [2.24, 2.45) is 33.7 Å². The number of hydrogen-bond donors (Lipinski definition) is 2. The minimum atomic E-state index is -4.29. The zero-order valence-electron chi connectivity index (χ0n) is 45.3. The number of benzene rings is 2. The fraction of sp³-hybridized carbons (Fsp3) is 0.585. The van der Waals surface area contributed by atoms with Crippen molar-refractivity contribution in [3.8, 4) is 11.5 Å². The van der Waals surface area contributed by atoms with Gasteiger partial charge < -0.3 is 52.2 Å². The van der Waals surface area contributed by atoms with Crippen LogP contribution in [0.3, 0.4) is 0 Å². The average Bonchev–Trinajstić information content (AvgIpc) is 4.21. The number of para-hydroxylation sites is 2. The molecular formula is C53H73N6O12PS4Si. The maximum atomic E-state index is 14.2. The highest BCUT2D eigenvalue weighted by atomic mass is 32.2. The Morgan fingerprint density at radius 1 is 0.753 bits per heavy atom. The van der Waals surface area contributed by atoms with Gasteiger partial charge in [0, 0.05) is 97.3 Å². The highest BCUT2D eigenvalue weighted by Crippen LogP contribution is 2.58. The maximum absolute atomic E-state index is 14.2. The van der Waals surface area contributed by atoms with Crippen LogP contribution in [0.15, 0.2) is 92.7 Å².